The van der Waals surface area contributed by atoms with Crippen molar-refractivity contribution in [1.29, 1.82) is 0 Å². The third-order valence-corrected chi connectivity index (χ3v) is 4.64. The first-order valence-electron chi connectivity index (χ1n) is 8.04. The van der Waals surface area contributed by atoms with Gasteiger partial charge >= 0.3 is 0 Å². The molecule has 4 rings (SSSR count). The van der Waals surface area contributed by atoms with Crippen LogP contribution in [0.2, 0.25) is 0 Å². The molecule has 8 heteroatoms. The number of amides is 1. The molecule has 0 aliphatic carbocycles. The summed E-state index contributed by atoms with van der Waals surface area (Å²) in [5, 5.41) is 10.1. The van der Waals surface area contributed by atoms with Crippen LogP contribution >= 0.6 is 11.3 Å². The minimum absolute atomic E-state index is 0.182. The Morgan fingerprint density at radius 3 is 3.04 bits per heavy atom. The number of pyridine rings is 1. The SMILES string of the molecule is Cc1nc(-c2c[nH]c(C(=O)NCc3cccnc3-n3cccn3)c2)cs1. The maximum atomic E-state index is 12.5. The lowest BCUT2D eigenvalue weighted by atomic mass is 10.2. The summed E-state index contributed by atoms with van der Waals surface area (Å²) in [5.41, 5.74) is 3.15. The van der Waals surface area contributed by atoms with Gasteiger partial charge in [-0.15, -0.1) is 11.3 Å². The van der Waals surface area contributed by atoms with Crippen molar-refractivity contribution in [2.45, 2.75) is 13.5 Å². The van der Waals surface area contributed by atoms with Gasteiger partial charge in [-0.05, 0) is 25.1 Å². The predicted octanol–water partition coefficient (Wildman–Crippen LogP) is 2.96. The lowest BCUT2D eigenvalue weighted by Gasteiger charge is -2.09. The van der Waals surface area contributed by atoms with E-state index in [1.807, 2.05) is 42.8 Å². The van der Waals surface area contributed by atoms with Crippen LogP contribution < -0.4 is 5.32 Å². The summed E-state index contributed by atoms with van der Waals surface area (Å²) in [6.45, 7) is 2.31. The van der Waals surface area contributed by atoms with Crippen molar-refractivity contribution >= 4 is 17.2 Å². The molecule has 0 radical (unpaired) electrons. The van der Waals surface area contributed by atoms with Gasteiger partial charge in [0.15, 0.2) is 5.82 Å². The zero-order valence-electron chi connectivity index (χ0n) is 14.0. The Hall–Kier alpha value is -3.26. The number of hydrogen-bond donors (Lipinski definition) is 2. The number of hydrogen-bond acceptors (Lipinski definition) is 5. The predicted molar refractivity (Wildman–Crippen MR) is 99.2 cm³/mol. The lowest BCUT2D eigenvalue weighted by Crippen LogP contribution is -2.24. The molecule has 4 heterocycles. The third-order valence-electron chi connectivity index (χ3n) is 3.87. The van der Waals surface area contributed by atoms with Crippen LogP contribution in [0.25, 0.3) is 17.1 Å². The van der Waals surface area contributed by atoms with Crippen molar-refractivity contribution in [2.24, 2.45) is 0 Å². The number of carbonyl (C=O) groups is 1. The summed E-state index contributed by atoms with van der Waals surface area (Å²) in [5.74, 6) is 0.515. The van der Waals surface area contributed by atoms with Crippen LogP contribution in [0, 0.1) is 6.92 Å². The topological polar surface area (TPSA) is 88.5 Å². The normalized spacial score (nSPS) is 10.8. The molecule has 4 aromatic rings. The van der Waals surface area contributed by atoms with Crippen LogP contribution in [0.3, 0.4) is 0 Å². The van der Waals surface area contributed by atoms with Crippen molar-refractivity contribution < 1.29 is 4.79 Å². The second kappa shape index (κ2) is 6.93. The van der Waals surface area contributed by atoms with Crippen LogP contribution in [0.4, 0.5) is 0 Å². The van der Waals surface area contributed by atoms with Gasteiger partial charge in [-0.2, -0.15) is 5.10 Å². The van der Waals surface area contributed by atoms with Crippen molar-refractivity contribution in [1.82, 2.24) is 30.0 Å². The molecule has 1 amide bonds. The van der Waals surface area contributed by atoms with Crippen molar-refractivity contribution in [2.75, 3.05) is 0 Å². The number of carbonyl (C=O) groups excluding carboxylic acids is 1. The summed E-state index contributed by atoms with van der Waals surface area (Å²) in [6.07, 6.45) is 7.01. The van der Waals surface area contributed by atoms with E-state index in [4.69, 9.17) is 0 Å². The van der Waals surface area contributed by atoms with Crippen LogP contribution in [-0.4, -0.2) is 30.6 Å². The molecular weight excluding hydrogens is 348 g/mol. The lowest BCUT2D eigenvalue weighted by molar-refractivity contribution is 0.0946. The number of aryl methyl sites for hydroxylation is 1. The van der Waals surface area contributed by atoms with E-state index in [-0.39, 0.29) is 5.91 Å². The quantitative estimate of drug-likeness (QED) is 0.570. The second-order valence-corrected chi connectivity index (χ2v) is 6.74. The Bertz CT molecular complexity index is 1030. The average Bonchev–Trinajstić information content (AvgIpc) is 3.40. The average molecular weight is 364 g/mol. The Morgan fingerprint density at radius 2 is 2.27 bits per heavy atom. The monoisotopic (exact) mass is 364 g/mol. The maximum absolute atomic E-state index is 12.5. The highest BCUT2D eigenvalue weighted by Gasteiger charge is 2.12. The molecule has 0 saturated heterocycles. The van der Waals surface area contributed by atoms with Crippen LogP contribution in [0.15, 0.2) is 54.4 Å². The molecule has 4 aromatic heterocycles. The molecular formula is C18H16N6OS. The fraction of sp³-hybridized carbons (Fsp3) is 0.111. The van der Waals surface area contributed by atoms with Crippen LogP contribution in [0.1, 0.15) is 21.1 Å². The molecule has 0 aliphatic heterocycles. The van der Waals surface area contributed by atoms with E-state index in [0.717, 1.165) is 21.8 Å². The number of nitrogens with zero attached hydrogens (tertiary/aromatic N) is 4. The van der Waals surface area contributed by atoms with Crippen LogP contribution in [-0.2, 0) is 6.54 Å². The number of H-pyrrole nitrogens is 1. The minimum Gasteiger partial charge on any atom is -0.357 e. The van der Waals surface area contributed by atoms with Gasteiger partial charge in [-0.1, -0.05) is 6.07 Å². The van der Waals surface area contributed by atoms with Gasteiger partial charge in [0.2, 0.25) is 0 Å². The van der Waals surface area contributed by atoms with E-state index in [2.05, 4.69) is 25.4 Å². The van der Waals surface area contributed by atoms with E-state index < -0.39 is 0 Å². The minimum atomic E-state index is -0.182. The van der Waals surface area contributed by atoms with E-state index in [9.17, 15) is 4.79 Å². The Labute approximate surface area is 153 Å². The van der Waals surface area contributed by atoms with Gasteiger partial charge in [0.05, 0.1) is 10.7 Å². The highest BCUT2D eigenvalue weighted by Crippen LogP contribution is 2.22. The summed E-state index contributed by atoms with van der Waals surface area (Å²) >= 11 is 1.58. The molecule has 0 fully saturated rings. The first kappa shape index (κ1) is 16.2. The van der Waals surface area contributed by atoms with E-state index in [0.29, 0.717) is 18.1 Å². The Morgan fingerprint density at radius 1 is 1.35 bits per heavy atom. The highest BCUT2D eigenvalue weighted by atomic mass is 32.1. The zero-order valence-corrected chi connectivity index (χ0v) is 14.8. The van der Waals surface area contributed by atoms with Crippen molar-refractivity contribution in [3.8, 4) is 17.1 Å². The molecule has 130 valence electrons. The first-order valence-corrected chi connectivity index (χ1v) is 8.92. The summed E-state index contributed by atoms with van der Waals surface area (Å²) in [6, 6.07) is 7.40. The molecule has 0 aliphatic rings. The standard InChI is InChI=1S/C18H16N6OS/c1-12-23-16(11-26-12)14-8-15(20-10-14)18(25)21-9-13-4-2-5-19-17(13)24-7-3-6-22-24/h2-8,10-11,20H,9H2,1H3,(H,21,25). The molecule has 0 atom stereocenters. The fourth-order valence-electron chi connectivity index (χ4n) is 2.61. The molecule has 0 aromatic carbocycles. The first-order chi connectivity index (χ1) is 12.7. The summed E-state index contributed by atoms with van der Waals surface area (Å²) in [4.78, 5) is 24.3. The largest absolute Gasteiger partial charge is 0.357 e. The number of rotatable bonds is 5. The number of aromatic nitrogens is 5. The van der Waals surface area contributed by atoms with E-state index in [1.165, 1.54) is 0 Å². The number of thiazole rings is 1. The highest BCUT2D eigenvalue weighted by molar-refractivity contribution is 7.09. The van der Waals surface area contributed by atoms with Gasteiger partial charge in [-0.25, -0.2) is 14.6 Å². The Balaban J connectivity index is 1.48. The molecule has 0 spiro atoms. The van der Waals surface area contributed by atoms with Crippen molar-refractivity contribution in [3.63, 3.8) is 0 Å². The number of nitrogens with one attached hydrogen (secondary N) is 2. The van der Waals surface area contributed by atoms with Gasteiger partial charge in [0.25, 0.3) is 5.91 Å². The Kier molecular flexibility index (Phi) is 4.32. The second-order valence-electron chi connectivity index (χ2n) is 5.67. The summed E-state index contributed by atoms with van der Waals surface area (Å²) < 4.78 is 1.68. The van der Waals surface area contributed by atoms with Gasteiger partial charge < -0.3 is 10.3 Å². The maximum Gasteiger partial charge on any atom is 0.267 e. The van der Waals surface area contributed by atoms with Gasteiger partial charge in [0.1, 0.15) is 5.69 Å². The molecule has 26 heavy (non-hydrogen) atoms. The fourth-order valence-corrected chi connectivity index (χ4v) is 3.23. The van der Waals surface area contributed by atoms with Gasteiger partial charge in [-0.3, -0.25) is 4.79 Å². The van der Waals surface area contributed by atoms with Crippen LogP contribution in [0.5, 0.6) is 0 Å². The smallest absolute Gasteiger partial charge is 0.267 e. The summed E-state index contributed by atoms with van der Waals surface area (Å²) in [7, 11) is 0. The molecule has 2 N–H and O–H groups in total. The molecule has 0 saturated carbocycles. The third kappa shape index (κ3) is 3.27. The number of aromatic amines is 1. The van der Waals surface area contributed by atoms with E-state index in [1.54, 1.807) is 34.6 Å². The zero-order chi connectivity index (χ0) is 17.9. The molecule has 0 bridgehead atoms. The molecule has 7 nitrogen and oxygen atoms in total. The van der Waals surface area contributed by atoms with Gasteiger partial charge in [0, 0.05) is 47.8 Å². The van der Waals surface area contributed by atoms with Crippen molar-refractivity contribution in [3.05, 3.63) is 70.7 Å². The van der Waals surface area contributed by atoms with E-state index >= 15 is 0 Å². The molecule has 0 unspecified atom stereocenters.